The molecule has 20 heavy (non-hydrogen) atoms. The predicted octanol–water partition coefficient (Wildman–Crippen LogP) is 3.02. The number of aliphatic hydroxyl groups is 1. The van der Waals surface area contributed by atoms with Gasteiger partial charge in [-0.2, -0.15) is 0 Å². The maximum atomic E-state index is 11.1. The molecule has 1 aliphatic heterocycles. The smallest absolute Gasteiger partial charge is 0.336 e. The zero-order chi connectivity index (χ0) is 14.3. The summed E-state index contributed by atoms with van der Waals surface area (Å²) in [6.45, 7) is 0.132. The van der Waals surface area contributed by atoms with E-state index in [0.29, 0.717) is 26.4 Å². The van der Waals surface area contributed by atoms with Crippen molar-refractivity contribution in [2.75, 3.05) is 6.79 Å². The van der Waals surface area contributed by atoms with Gasteiger partial charge < -0.3 is 19.7 Å². The van der Waals surface area contributed by atoms with E-state index >= 15 is 0 Å². The fraction of sp³-hybridized carbons (Fsp3) is 0.154. The van der Waals surface area contributed by atoms with Gasteiger partial charge in [0.15, 0.2) is 11.5 Å². The minimum absolute atomic E-state index is 0.108. The molecular weight excluding hydrogens is 348 g/mol. The van der Waals surface area contributed by atoms with Gasteiger partial charge in [0.25, 0.3) is 0 Å². The van der Waals surface area contributed by atoms with Crippen LogP contribution in [-0.2, 0) is 0 Å². The molecule has 1 atom stereocenters. The lowest BCUT2D eigenvalue weighted by atomic mass is 10.0. The lowest BCUT2D eigenvalue weighted by molar-refractivity contribution is 0.0692. The molecule has 104 valence electrons. The molecule has 1 unspecified atom stereocenters. The molecule has 1 aliphatic rings. The minimum atomic E-state index is -1.06. The zero-order valence-electron chi connectivity index (χ0n) is 10.00. The second-order valence-corrected chi connectivity index (χ2v) is 5.94. The molecule has 0 spiro atoms. The Labute approximate surface area is 126 Å². The highest BCUT2D eigenvalue weighted by Gasteiger charge is 2.24. The van der Waals surface area contributed by atoms with Crippen molar-refractivity contribution in [3.05, 3.63) is 44.1 Å². The molecule has 0 fully saturated rings. The highest BCUT2D eigenvalue weighted by molar-refractivity contribution is 9.10. The average Bonchev–Trinajstić information content (AvgIpc) is 3.06. The number of fused-ring (bicyclic) bond motifs is 1. The summed E-state index contributed by atoms with van der Waals surface area (Å²) < 4.78 is 11.2. The highest BCUT2D eigenvalue weighted by atomic mass is 79.9. The first-order valence-corrected chi connectivity index (χ1v) is 7.33. The van der Waals surface area contributed by atoms with Crippen LogP contribution in [-0.4, -0.2) is 23.0 Å². The molecule has 7 heteroatoms. The summed E-state index contributed by atoms with van der Waals surface area (Å²) in [5.74, 6) is 0.0625. The summed E-state index contributed by atoms with van der Waals surface area (Å²) in [6, 6.07) is 4.83. The lowest BCUT2D eigenvalue weighted by Crippen LogP contribution is -2.05. The largest absolute Gasteiger partial charge is 0.478 e. The molecule has 0 saturated heterocycles. The molecule has 0 aliphatic carbocycles. The Morgan fingerprint density at radius 1 is 1.40 bits per heavy atom. The standard InChI is InChI=1S/C13H9BrO5S/c14-8-3-6(4-9-11(8)19-5-18-9)10(15)12-7(13(16)17)1-2-20-12/h1-4,10,15H,5H2,(H,16,17). The van der Waals surface area contributed by atoms with Gasteiger partial charge >= 0.3 is 5.97 Å². The number of rotatable bonds is 3. The molecule has 3 rings (SSSR count). The van der Waals surface area contributed by atoms with Crippen molar-refractivity contribution in [1.29, 1.82) is 0 Å². The number of benzene rings is 1. The van der Waals surface area contributed by atoms with E-state index in [1.54, 1.807) is 17.5 Å². The normalized spacial score (nSPS) is 14.3. The van der Waals surface area contributed by atoms with E-state index in [0.717, 1.165) is 0 Å². The summed E-state index contributed by atoms with van der Waals surface area (Å²) in [5.41, 5.74) is 0.655. The van der Waals surface area contributed by atoms with Crippen molar-refractivity contribution >= 4 is 33.2 Å². The average molecular weight is 357 g/mol. The van der Waals surface area contributed by atoms with Gasteiger partial charge in [0.1, 0.15) is 6.10 Å². The number of aliphatic hydroxyl groups excluding tert-OH is 1. The zero-order valence-corrected chi connectivity index (χ0v) is 12.4. The van der Waals surface area contributed by atoms with Crippen LogP contribution in [0.1, 0.15) is 26.9 Å². The maximum absolute atomic E-state index is 11.1. The SMILES string of the molecule is O=C(O)c1ccsc1C(O)c1cc(Br)c2c(c1)OCO2. The van der Waals surface area contributed by atoms with Gasteiger partial charge in [0, 0.05) is 0 Å². The van der Waals surface area contributed by atoms with Crippen LogP contribution in [0.25, 0.3) is 0 Å². The first-order valence-electron chi connectivity index (χ1n) is 5.65. The van der Waals surface area contributed by atoms with Crippen molar-refractivity contribution in [2.24, 2.45) is 0 Å². The summed E-state index contributed by atoms with van der Waals surface area (Å²) >= 11 is 4.55. The van der Waals surface area contributed by atoms with Gasteiger partial charge in [-0.05, 0) is 45.1 Å². The summed E-state index contributed by atoms with van der Waals surface area (Å²) in [4.78, 5) is 11.5. The number of ether oxygens (including phenoxy) is 2. The molecule has 0 radical (unpaired) electrons. The molecule has 2 N–H and O–H groups in total. The highest BCUT2D eigenvalue weighted by Crippen LogP contribution is 2.42. The second kappa shape index (κ2) is 5.08. The predicted molar refractivity (Wildman–Crippen MR) is 75.6 cm³/mol. The van der Waals surface area contributed by atoms with Crippen molar-refractivity contribution in [3.63, 3.8) is 0 Å². The molecule has 0 saturated carbocycles. The van der Waals surface area contributed by atoms with E-state index in [2.05, 4.69) is 15.9 Å². The maximum Gasteiger partial charge on any atom is 0.336 e. The fourth-order valence-corrected chi connectivity index (χ4v) is 3.48. The van der Waals surface area contributed by atoms with E-state index in [9.17, 15) is 9.90 Å². The Morgan fingerprint density at radius 2 is 2.20 bits per heavy atom. The summed E-state index contributed by atoms with van der Waals surface area (Å²) in [5, 5.41) is 21.1. The van der Waals surface area contributed by atoms with Crippen LogP contribution in [0, 0.1) is 0 Å². The third kappa shape index (κ3) is 2.17. The Kier molecular flexibility index (Phi) is 3.41. The number of carboxylic acids is 1. The van der Waals surface area contributed by atoms with Crippen LogP contribution in [0.2, 0.25) is 0 Å². The molecule has 1 aromatic carbocycles. The van der Waals surface area contributed by atoms with Gasteiger partial charge in [-0.15, -0.1) is 11.3 Å². The molecule has 2 aromatic rings. The van der Waals surface area contributed by atoms with E-state index in [1.807, 2.05) is 0 Å². The van der Waals surface area contributed by atoms with Gasteiger partial charge in [0.2, 0.25) is 6.79 Å². The van der Waals surface area contributed by atoms with Crippen LogP contribution in [0.3, 0.4) is 0 Å². The number of carbonyl (C=O) groups is 1. The number of thiophene rings is 1. The monoisotopic (exact) mass is 356 g/mol. The number of hydrogen-bond acceptors (Lipinski definition) is 5. The topological polar surface area (TPSA) is 76.0 Å². The van der Waals surface area contributed by atoms with Gasteiger partial charge in [-0.1, -0.05) is 0 Å². The minimum Gasteiger partial charge on any atom is -0.478 e. The Morgan fingerprint density at radius 3 is 2.95 bits per heavy atom. The van der Waals surface area contributed by atoms with Gasteiger partial charge in [0.05, 0.1) is 14.9 Å². The Hall–Kier alpha value is -1.57. The van der Waals surface area contributed by atoms with Crippen molar-refractivity contribution in [1.82, 2.24) is 0 Å². The first kappa shape index (κ1) is 13.4. The number of hydrogen-bond donors (Lipinski definition) is 2. The van der Waals surface area contributed by atoms with Crippen LogP contribution in [0.4, 0.5) is 0 Å². The molecule has 2 heterocycles. The van der Waals surface area contributed by atoms with Crippen molar-refractivity contribution in [2.45, 2.75) is 6.10 Å². The first-order chi connectivity index (χ1) is 9.58. The molecule has 0 bridgehead atoms. The second-order valence-electron chi connectivity index (χ2n) is 4.14. The Bertz CT molecular complexity index is 681. The molecule has 5 nitrogen and oxygen atoms in total. The number of aromatic carboxylic acids is 1. The van der Waals surface area contributed by atoms with Crippen molar-refractivity contribution in [3.8, 4) is 11.5 Å². The van der Waals surface area contributed by atoms with Crippen molar-refractivity contribution < 1.29 is 24.5 Å². The third-order valence-electron chi connectivity index (χ3n) is 2.94. The number of halogens is 1. The van der Waals surface area contributed by atoms with Crippen LogP contribution < -0.4 is 9.47 Å². The quantitative estimate of drug-likeness (QED) is 0.883. The van der Waals surface area contributed by atoms with E-state index < -0.39 is 12.1 Å². The Balaban J connectivity index is 2.03. The van der Waals surface area contributed by atoms with Crippen LogP contribution >= 0.6 is 27.3 Å². The van der Waals surface area contributed by atoms with E-state index in [1.165, 1.54) is 17.4 Å². The van der Waals surface area contributed by atoms with Gasteiger partial charge in [-0.25, -0.2) is 4.79 Å². The fourth-order valence-electron chi connectivity index (χ4n) is 2.01. The summed E-state index contributed by atoms with van der Waals surface area (Å²) in [7, 11) is 0. The van der Waals surface area contributed by atoms with E-state index in [-0.39, 0.29) is 12.4 Å². The lowest BCUT2D eigenvalue weighted by Gasteiger charge is -2.12. The van der Waals surface area contributed by atoms with Crippen LogP contribution in [0.5, 0.6) is 11.5 Å². The van der Waals surface area contributed by atoms with Crippen LogP contribution in [0.15, 0.2) is 28.1 Å². The molecular formula is C13H9BrO5S. The number of carboxylic acid groups (broad SMARTS) is 1. The van der Waals surface area contributed by atoms with E-state index in [4.69, 9.17) is 14.6 Å². The van der Waals surface area contributed by atoms with Gasteiger partial charge in [-0.3, -0.25) is 0 Å². The molecule has 1 aromatic heterocycles. The summed E-state index contributed by atoms with van der Waals surface area (Å²) in [6.07, 6.45) is -1.02. The third-order valence-corrected chi connectivity index (χ3v) is 4.50. The molecule has 0 amide bonds.